The fraction of sp³-hybridized carbons (Fsp3) is 0.759. The minimum absolute atomic E-state index is 0.108. The van der Waals surface area contributed by atoms with Crippen LogP contribution in [0.5, 0.6) is 0 Å². The van der Waals surface area contributed by atoms with Crippen molar-refractivity contribution in [1.29, 1.82) is 0 Å². The van der Waals surface area contributed by atoms with Crippen LogP contribution in [0.2, 0.25) is 0 Å². The molecule has 0 bridgehead atoms. The molecule has 1 saturated heterocycles. The Morgan fingerprint density at radius 2 is 1.53 bits per heavy atom. The number of piperidine rings is 1. The second kappa shape index (κ2) is 14.1. The Hall–Kier alpha value is -1.59. The highest BCUT2D eigenvalue weighted by molar-refractivity contribution is 5.68. The van der Waals surface area contributed by atoms with E-state index in [1.54, 1.807) is 4.90 Å². The maximum atomic E-state index is 12.2. The van der Waals surface area contributed by atoms with Crippen LogP contribution in [0.3, 0.4) is 0 Å². The fourth-order valence-corrected chi connectivity index (χ4v) is 4.49. The van der Waals surface area contributed by atoms with Crippen molar-refractivity contribution in [3.05, 3.63) is 35.9 Å². The third-order valence-electron chi connectivity index (χ3n) is 5.79. The lowest BCUT2D eigenvalue weighted by atomic mass is 9.74. The third kappa shape index (κ3) is 12.8. The second-order valence-corrected chi connectivity index (χ2v) is 11.8. The third-order valence-corrected chi connectivity index (χ3v) is 5.79. The minimum Gasteiger partial charge on any atom is -0.444 e. The summed E-state index contributed by atoms with van der Waals surface area (Å²) >= 11 is 0. The number of benzene rings is 1. The van der Waals surface area contributed by atoms with E-state index >= 15 is 0 Å². The van der Waals surface area contributed by atoms with Crippen LogP contribution >= 0.6 is 0 Å². The highest BCUT2D eigenvalue weighted by atomic mass is 16.6. The van der Waals surface area contributed by atoms with Gasteiger partial charge in [-0.2, -0.15) is 0 Å². The fourth-order valence-electron chi connectivity index (χ4n) is 4.49. The number of carbonyl (C=O) groups is 1. The maximum absolute atomic E-state index is 12.2. The molecule has 0 unspecified atom stereocenters. The predicted octanol–water partition coefficient (Wildman–Crippen LogP) is 7.48. The Morgan fingerprint density at radius 1 is 0.941 bits per heavy atom. The molecule has 1 aromatic carbocycles. The van der Waals surface area contributed by atoms with Gasteiger partial charge in [-0.25, -0.2) is 4.79 Å². The molecule has 0 N–H and O–H groups in total. The monoisotopic (exact) mass is 477 g/mol. The van der Waals surface area contributed by atoms with Gasteiger partial charge in [-0.1, -0.05) is 71.9 Å². The van der Waals surface area contributed by atoms with E-state index in [1.807, 2.05) is 52.8 Å². The number of rotatable bonds is 10. The van der Waals surface area contributed by atoms with Crippen molar-refractivity contribution in [3.63, 3.8) is 0 Å². The molecule has 5 heteroatoms. The molecular formula is C29H51NO4. The Morgan fingerprint density at radius 3 is 2.09 bits per heavy atom. The van der Waals surface area contributed by atoms with Crippen molar-refractivity contribution in [3.8, 4) is 0 Å². The maximum Gasteiger partial charge on any atom is 0.410 e. The SMILES string of the molecule is CC.CC(C)(CCOC1CCN(C(=O)OC(C)(C)C)CC1)CC(C)(C)COCc1ccccc1. The molecule has 1 aromatic rings. The van der Waals surface area contributed by atoms with Gasteiger partial charge in [0, 0.05) is 19.7 Å². The van der Waals surface area contributed by atoms with Gasteiger partial charge in [0.25, 0.3) is 0 Å². The molecule has 5 nitrogen and oxygen atoms in total. The van der Waals surface area contributed by atoms with Crippen molar-refractivity contribution in [1.82, 2.24) is 4.90 Å². The molecule has 1 aliphatic rings. The van der Waals surface area contributed by atoms with E-state index in [4.69, 9.17) is 14.2 Å². The first-order valence-electron chi connectivity index (χ1n) is 13.1. The summed E-state index contributed by atoms with van der Waals surface area (Å²) in [6.07, 6.45) is 3.86. The Bertz CT molecular complexity index is 686. The molecule has 196 valence electrons. The van der Waals surface area contributed by atoms with Crippen molar-refractivity contribution >= 4 is 6.09 Å². The standard InChI is InChI=1S/C27H45NO4.C2H6/c1-25(2,3)32-24(29)28-16-13-23(14-17-28)31-18-15-26(4,5)20-27(6,7)21-30-19-22-11-9-8-10-12-22;1-2/h8-12,23H,13-21H2,1-7H3;1-2H3. The summed E-state index contributed by atoms with van der Waals surface area (Å²) in [5, 5.41) is 0. The van der Waals surface area contributed by atoms with Crippen molar-refractivity contribution < 1.29 is 19.0 Å². The number of ether oxygens (including phenoxy) is 3. The van der Waals surface area contributed by atoms with Crippen LogP contribution in [0.15, 0.2) is 30.3 Å². The molecule has 0 spiro atoms. The van der Waals surface area contributed by atoms with Crippen LogP contribution < -0.4 is 0 Å². The molecule has 0 aliphatic carbocycles. The van der Waals surface area contributed by atoms with E-state index < -0.39 is 5.60 Å². The number of nitrogens with zero attached hydrogens (tertiary/aromatic N) is 1. The molecule has 0 saturated carbocycles. The molecular weight excluding hydrogens is 426 g/mol. The molecule has 34 heavy (non-hydrogen) atoms. The van der Waals surface area contributed by atoms with Crippen LogP contribution in [0, 0.1) is 10.8 Å². The van der Waals surface area contributed by atoms with E-state index in [0.717, 1.165) is 38.9 Å². The van der Waals surface area contributed by atoms with Gasteiger partial charge >= 0.3 is 6.09 Å². The Balaban J connectivity index is 0.00000281. The lowest BCUT2D eigenvalue weighted by Gasteiger charge is -2.36. The lowest BCUT2D eigenvalue weighted by Crippen LogP contribution is -2.43. The van der Waals surface area contributed by atoms with Crippen molar-refractivity contribution in [2.45, 2.75) is 106 Å². The van der Waals surface area contributed by atoms with E-state index in [-0.39, 0.29) is 23.0 Å². The van der Waals surface area contributed by atoms with E-state index in [1.165, 1.54) is 5.56 Å². The summed E-state index contributed by atoms with van der Waals surface area (Å²) in [6, 6.07) is 10.3. The first-order valence-corrected chi connectivity index (χ1v) is 13.1. The molecule has 1 amide bonds. The number of likely N-dealkylation sites (tertiary alicyclic amines) is 1. The van der Waals surface area contributed by atoms with Crippen molar-refractivity contribution in [2.24, 2.45) is 10.8 Å². The second-order valence-electron chi connectivity index (χ2n) is 11.8. The molecule has 0 radical (unpaired) electrons. The Labute approximate surface area is 209 Å². The number of hydrogen-bond donors (Lipinski definition) is 0. The normalized spacial score (nSPS) is 15.5. The molecule has 1 fully saturated rings. The van der Waals surface area contributed by atoms with Crippen LogP contribution in [0.25, 0.3) is 0 Å². The lowest BCUT2D eigenvalue weighted by molar-refractivity contribution is -0.0230. The quantitative estimate of drug-likeness (QED) is 0.350. The van der Waals surface area contributed by atoms with E-state index in [0.29, 0.717) is 19.7 Å². The van der Waals surface area contributed by atoms with Gasteiger partial charge in [0.1, 0.15) is 5.60 Å². The van der Waals surface area contributed by atoms with Crippen LogP contribution in [-0.4, -0.2) is 49.0 Å². The largest absolute Gasteiger partial charge is 0.444 e. The average molecular weight is 478 g/mol. The highest BCUT2D eigenvalue weighted by Crippen LogP contribution is 2.36. The van der Waals surface area contributed by atoms with Crippen LogP contribution in [-0.2, 0) is 20.8 Å². The van der Waals surface area contributed by atoms with Crippen molar-refractivity contribution in [2.75, 3.05) is 26.3 Å². The Kier molecular flexibility index (Phi) is 12.6. The van der Waals surface area contributed by atoms with Gasteiger partial charge in [-0.15, -0.1) is 0 Å². The van der Waals surface area contributed by atoms with Gasteiger partial charge in [0.2, 0.25) is 0 Å². The molecule has 0 aromatic heterocycles. The summed E-state index contributed by atoms with van der Waals surface area (Å²) in [5.74, 6) is 0. The number of hydrogen-bond acceptors (Lipinski definition) is 4. The molecule has 1 aliphatic heterocycles. The van der Waals surface area contributed by atoms with E-state index in [9.17, 15) is 4.79 Å². The zero-order valence-electron chi connectivity index (χ0n) is 23.4. The van der Waals surface area contributed by atoms with Gasteiger partial charge in [0.05, 0.1) is 19.3 Å². The van der Waals surface area contributed by atoms with Gasteiger partial charge in [-0.05, 0) is 62.8 Å². The average Bonchev–Trinajstić information content (AvgIpc) is 2.74. The summed E-state index contributed by atoms with van der Waals surface area (Å²) in [4.78, 5) is 14.0. The topological polar surface area (TPSA) is 48.0 Å². The van der Waals surface area contributed by atoms with Crippen LogP contribution in [0.1, 0.15) is 93.6 Å². The minimum atomic E-state index is -0.448. The van der Waals surface area contributed by atoms with Crippen LogP contribution in [0.4, 0.5) is 4.79 Å². The number of amides is 1. The zero-order chi connectivity index (χ0) is 25.8. The first-order chi connectivity index (χ1) is 15.9. The predicted molar refractivity (Wildman–Crippen MR) is 141 cm³/mol. The zero-order valence-corrected chi connectivity index (χ0v) is 23.4. The summed E-state index contributed by atoms with van der Waals surface area (Å²) in [5.41, 5.74) is 1.05. The summed E-state index contributed by atoms with van der Waals surface area (Å²) < 4.78 is 17.7. The van der Waals surface area contributed by atoms with Gasteiger partial charge < -0.3 is 19.1 Å². The highest BCUT2D eigenvalue weighted by Gasteiger charge is 2.30. The molecule has 0 atom stereocenters. The van der Waals surface area contributed by atoms with Gasteiger partial charge in [0.15, 0.2) is 0 Å². The summed E-state index contributed by atoms with van der Waals surface area (Å²) in [6.45, 7) is 22.5. The van der Waals surface area contributed by atoms with E-state index in [2.05, 4.69) is 39.8 Å². The van der Waals surface area contributed by atoms with Gasteiger partial charge in [-0.3, -0.25) is 0 Å². The number of carbonyl (C=O) groups excluding carboxylic acids is 1. The molecule has 1 heterocycles. The smallest absolute Gasteiger partial charge is 0.410 e. The first kappa shape index (κ1) is 30.4. The molecule has 2 rings (SSSR count). The summed E-state index contributed by atoms with van der Waals surface area (Å²) in [7, 11) is 0.